The van der Waals surface area contributed by atoms with Gasteiger partial charge in [-0.25, -0.2) is 13.4 Å². The first-order chi connectivity index (χ1) is 14.9. The Morgan fingerprint density at radius 3 is 2.55 bits per heavy atom. The number of rotatable bonds is 7. The van der Waals surface area contributed by atoms with Crippen LogP contribution in [0, 0.1) is 0 Å². The molecule has 3 aromatic rings. The molecule has 0 radical (unpaired) electrons. The Bertz CT molecular complexity index is 1090. The lowest BCUT2D eigenvalue weighted by atomic mass is 10.0. The molecule has 31 heavy (non-hydrogen) atoms. The molecule has 1 unspecified atom stereocenters. The van der Waals surface area contributed by atoms with Crippen LogP contribution in [0.3, 0.4) is 0 Å². The van der Waals surface area contributed by atoms with E-state index in [4.69, 9.17) is 0 Å². The molecule has 0 saturated carbocycles. The molecule has 9 heteroatoms. The van der Waals surface area contributed by atoms with Crippen LogP contribution in [0.4, 0.5) is 14.5 Å². The van der Waals surface area contributed by atoms with Gasteiger partial charge in [0.05, 0.1) is 18.6 Å². The predicted molar refractivity (Wildman–Crippen MR) is 115 cm³/mol. The van der Waals surface area contributed by atoms with E-state index in [0.717, 1.165) is 21.2 Å². The van der Waals surface area contributed by atoms with Crippen molar-refractivity contribution < 1.29 is 17.2 Å². The first-order valence-corrected chi connectivity index (χ1v) is 11.6. The molecule has 0 spiro atoms. The summed E-state index contributed by atoms with van der Waals surface area (Å²) >= 11 is 0. The fourth-order valence-electron chi connectivity index (χ4n) is 4.01. The van der Waals surface area contributed by atoms with E-state index >= 15 is 0 Å². The highest BCUT2D eigenvalue weighted by Gasteiger charge is 2.38. The van der Waals surface area contributed by atoms with E-state index in [-0.39, 0.29) is 19.1 Å². The molecule has 4 rings (SSSR count). The summed E-state index contributed by atoms with van der Waals surface area (Å²) in [5.41, 5.74) is 3.53. The second-order valence-electron chi connectivity index (χ2n) is 7.61. The molecule has 1 aliphatic rings. The fraction of sp³-hybridized carbons (Fsp3) is 0.318. The molecule has 0 aliphatic carbocycles. The number of halogens is 2. The molecular formula is C22H24F2N4O2S. The van der Waals surface area contributed by atoms with Crippen molar-refractivity contribution in [3.63, 3.8) is 0 Å². The number of alkyl halides is 2. The molecule has 1 aromatic heterocycles. The number of para-hydroxylation sites is 1. The lowest BCUT2D eigenvalue weighted by molar-refractivity contribution is 0.216. The number of nitrogens with one attached hydrogen (secondary N) is 1. The van der Waals surface area contributed by atoms with Gasteiger partial charge in [0.2, 0.25) is 0 Å². The molecule has 1 aliphatic heterocycles. The first-order valence-electron chi connectivity index (χ1n) is 10.1. The summed E-state index contributed by atoms with van der Waals surface area (Å²) in [6.07, 6.45) is 4.62. The summed E-state index contributed by atoms with van der Waals surface area (Å²) in [6, 6.07) is 17.0. The molecule has 0 bridgehead atoms. The Balaban J connectivity index is 1.72. The number of H-pyrrole nitrogens is 1. The number of sulfonamides is 1. The SMILES string of the molecule is O=S(=O)(C(F)F)N1Cc2ccccc2N(Cc2cnc[nH]2)C(CCc2ccccc2)C1. The highest BCUT2D eigenvalue weighted by Crippen LogP contribution is 2.32. The van der Waals surface area contributed by atoms with Crippen molar-refractivity contribution in [1.82, 2.24) is 14.3 Å². The standard InChI is InChI=1S/C22H24F2N4O2S/c23-22(24)31(29,30)27-13-18-8-4-5-9-21(18)28(14-19-12-25-16-26-19)20(15-27)11-10-17-6-2-1-3-7-17/h1-9,12,16,20,22H,10-11,13-15H2,(H,25,26). The third kappa shape index (κ3) is 4.77. The van der Waals surface area contributed by atoms with Gasteiger partial charge in [0.15, 0.2) is 0 Å². The van der Waals surface area contributed by atoms with E-state index < -0.39 is 15.8 Å². The van der Waals surface area contributed by atoms with Gasteiger partial charge in [-0.05, 0) is 30.0 Å². The van der Waals surface area contributed by atoms with Crippen LogP contribution in [0.2, 0.25) is 0 Å². The quantitative estimate of drug-likeness (QED) is 0.600. The number of imidazole rings is 1. The van der Waals surface area contributed by atoms with Gasteiger partial charge >= 0.3 is 5.76 Å². The number of hydrogen-bond donors (Lipinski definition) is 1. The maximum Gasteiger partial charge on any atom is 0.350 e. The number of benzene rings is 2. The van der Waals surface area contributed by atoms with E-state index in [1.54, 1.807) is 24.7 Å². The van der Waals surface area contributed by atoms with E-state index in [1.807, 2.05) is 42.5 Å². The molecule has 1 atom stereocenters. The lowest BCUT2D eigenvalue weighted by Crippen LogP contribution is -2.45. The number of anilines is 1. The molecule has 2 aromatic carbocycles. The number of aromatic amines is 1. The summed E-state index contributed by atoms with van der Waals surface area (Å²) in [6.45, 7) is 0.380. The van der Waals surface area contributed by atoms with Crippen molar-refractivity contribution in [3.8, 4) is 0 Å². The van der Waals surface area contributed by atoms with Crippen molar-refractivity contribution >= 4 is 15.7 Å². The molecule has 0 fully saturated rings. The van der Waals surface area contributed by atoms with Gasteiger partial charge in [-0.3, -0.25) is 0 Å². The van der Waals surface area contributed by atoms with Gasteiger partial charge in [0.25, 0.3) is 10.0 Å². The smallest absolute Gasteiger partial charge is 0.350 e. The van der Waals surface area contributed by atoms with Crippen LogP contribution in [0.15, 0.2) is 67.1 Å². The van der Waals surface area contributed by atoms with Crippen LogP contribution >= 0.6 is 0 Å². The third-order valence-corrected chi connectivity index (χ3v) is 7.04. The second kappa shape index (κ2) is 9.15. The summed E-state index contributed by atoms with van der Waals surface area (Å²) < 4.78 is 52.7. The number of aromatic nitrogens is 2. The fourth-order valence-corrected chi connectivity index (χ4v) is 4.93. The first kappa shape index (κ1) is 21.5. The Morgan fingerprint density at radius 1 is 1.10 bits per heavy atom. The lowest BCUT2D eigenvalue weighted by Gasteiger charge is -2.34. The summed E-state index contributed by atoms with van der Waals surface area (Å²) in [5.74, 6) is -3.45. The van der Waals surface area contributed by atoms with Gasteiger partial charge in [-0.15, -0.1) is 0 Å². The molecule has 2 heterocycles. The minimum absolute atomic E-state index is 0.0116. The van der Waals surface area contributed by atoms with Crippen molar-refractivity contribution in [3.05, 3.63) is 83.9 Å². The average molecular weight is 447 g/mol. The average Bonchev–Trinajstić information content (AvgIpc) is 3.23. The normalized spacial score (nSPS) is 17.5. The summed E-state index contributed by atoms with van der Waals surface area (Å²) in [7, 11) is -4.71. The monoisotopic (exact) mass is 446 g/mol. The number of nitrogens with zero attached hydrogens (tertiary/aromatic N) is 3. The maximum absolute atomic E-state index is 13.4. The maximum atomic E-state index is 13.4. The zero-order valence-electron chi connectivity index (χ0n) is 16.9. The van der Waals surface area contributed by atoms with E-state index in [1.165, 1.54) is 0 Å². The molecular weight excluding hydrogens is 422 g/mol. The van der Waals surface area contributed by atoms with Crippen molar-refractivity contribution in [2.24, 2.45) is 0 Å². The van der Waals surface area contributed by atoms with Crippen LogP contribution in [-0.4, -0.2) is 41.0 Å². The number of aryl methyl sites for hydroxylation is 1. The van der Waals surface area contributed by atoms with E-state index in [2.05, 4.69) is 14.9 Å². The Kier molecular flexibility index (Phi) is 6.33. The zero-order valence-corrected chi connectivity index (χ0v) is 17.7. The van der Waals surface area contributed by atoms with Crippen LogP contribution < -0.4 is 4.90 Å². The van der Waals surface area contributed by atoms with E-state index in [0.29, 0.717) is 24.9 Å². The van der Waals surface area contributed by atoms with Gasteiger partial charge in [0.1, 0.15) is 0 Å². The molecule has 1 N–H and O–H groups in total. The van der Waals surface area contributed by atoms with Crippen LogP contribution in [0.25, 0.3) is 0 Å². The van der Waals surface area contributed by atoms with Gasteiger partial charge in [0, 0.05) is 31.0 Å². The molecule has 164 valence electrons. The zero-order chi connectivity index (χ0) is 21.8. The van der Waals surface area contributed by atoms with Crippen molar-refractivity contribution in [1.29, 1.82) is 0 Å². The Labute approximate surface area is 180 Å². The predicted octanol–water partition coefficient (Wildman–Crippen LogP) is 3.79. The van der Waals surface area contributed by atoms with Crippen LogP contribution in [-0.2, 0) is 29.5 Å². The van der Waals surface area contributed by atoms with Gasteiger partial charge < -0.3 is 9.88 Å². The highest BCUT2D eigenvalue weighted by atomic mass is 32.2. The molecule has 0 amide bonds. The van der Waals surface area contributed by atoms with Gasteiger partial charge in [-0.1, -0.05) is 48.5 Å². The molecule has 6 nitrogen and oxygen atoms in total. The Hall–Kier alpha value is -2.78. The number of fused-ring (bicyclic) bond motifs is 1. The Morgan fingerprint density at radius 2 is 1.84 bits per heavy atom. The largest absolute Gasteiger partial charge is 0.361 e. The summed E-state index contributed by atoms with van der Waals surface area (Å²) in [4.78, 5) is 9.26. The third-order valence-electron chi connectivity index (χ3n) is 5.59. The summed E-state index contributed by atoms with van der Waals surface area (Å²) in [5, 5.41) is 0. The van der Waals surface area contributed by atoms with E-state index in [9.17, 15) is 17.2 Å². The van der Waals surface area contributed by atoms with Crippen molar-refractivity contribution in [2.75, 3.05) is 11.4 Å². The highest BCUT2D eigenvalue weighted by molar-refractivity contribution is 7.89. The molecule has 0 saturated heterocycles. The van der Waals surface area contributed by atoms with Crippen LogP contribution in [0.1, 0.15) is 23.2 Å². The van der Waals surface area contributed by atoms with Gasteiger partial charge in [-0.2, -0.15) is 13.1 Å². The minimum Gasteiger partial charge on any atom is -0.361 e. The topological polar surface area (TPSA) is 69.3 Å². The second-order valence-corrected chi connectivity index (χ2v) is 9.51. The van der Waals surface area contributed by atoms with Crippen LogP contribution in [0.5, 0.6) is 0 Å². The van der Waals surface area contributed by atoms with Crippen molar-refractivity contribution in [2.45, 2.75) is 37.7 Å². The number of hydrogen-bond acceptors (Lipinski definition) is 4. The minimum atomic E-state index is -4.71.